The van der Waals surface area contributed by atoms with Crippen LogP contribution in [0.1, 0.15) is 48.0 Å². The molecule has 6 nitrogen and oxygen atoms in total. The maximum absolute atomic E-state index is 13.4. The zero-order chi connectivity index (χ0) is 22.6. The SMILES string of the molecule is COc1ccc(C(=O)N2CC=C(c3ccccc3)CC2)cc1S(=O)(=O)N1CCCCCC1. The van der Waals surface area contributed by atoms with Gasteiger partial charge in [-0.25, -0.2) is 8.42 Å². The van der Waals surface area contributed by atoms with E-state index in [1.165, 1.54) is 28.6 Å². The van der Waals surface area contributed by atoms with Gasteiger partial charge in [0.15, 0.2) is 0 Å². The van der Waals surface area contributed by atoms with Gasteiger partial charge in [0.05, 0.1) is 7.11 Å². The van der Waals surface area contributed by atoms with Crippen LogP contribution in [0.4, 0.5) is 0 Å². The Morgan fingerprint density at radius 2 is 1.66 bits per heavy atom. The fourth-order valence-corrected chi connectivity index (χ4v) is 6.08. The number of carbonyl (C=O) groups excluding carboxylic acids is 1. The summed E-state index contributed by atoms with van der Waals surface area (Å²) in [6, 6.07) is 14.9. The van der Waals surface area contributed by atoms with Gasteiger partial charge in [-0.1, -0.05) is 49.2 Å². The number of ether oxygens (including phenoxy) is 1. The third-order valence-electron chi connectivity index (χ3n) is 6.23. The van der Waals surface area contributed by atoms with E-state index >= 15 is 0 Å². The summed E-state index contributed by atoms with van der Waals surface area (Å²) in [6.07, 6.45) is 6.62. The fourth-order valence-electron chi connectivity index (χ4n) is 4.38. The molecule has 170 valence electrons. The molecule has 0 unspecified atom stereocenters. The van der Waals surface area contributed by atoms with Crippen molar-refractivity contribution in [2.24, 2.45) is 0 Å². The molecule has 2 aromatic carbocycles. The van der Waals surface area contributed by atoms with Crippen LogP contribution in [0.25, 0.3) is 5.57 Å². The standard InChI is InChI=1S/C25H30N2O4S/c1-31-23-12-11-22(19-24(23)32(29,30)27-15-7-2-3-8-16-27)25(28)26-17-13-21(14-18-26)20-9-5-4-6-10-20/h4-6,9-13,19H,2-3,7-8,14-18H2,1H3. The van der Waals surface area contributed by atoms with Crippen LogP contribution < -0.4 is 4.74 Å². The maximum Gasteiger partial charge on any atom is 0.254 e. The molecule has 2 aliphatic heterocycles. The predicted molar refractivity (Wildman–Crippen MR) is 125 cm³/mol. The molecule has 0 N–H and O–H groups in total. The second-order valence-electron chi connectivity index (χ2n) is 8.28. The highest BCUT2D eigenvalue weighted by Crippen LogP contribution is 2.30. The van der Waals surface area contributed by atoms with Gasteiger partial charge < -0.3 is 9.64 Å². The molecule has 4 rings (SSSR count). The number of methoxy groups -OCH3 is 1. The highest BCUT2D eigenvalue weighted by atomic mass is 32.2. The number of hydrogen-bond donors (Lipinski definition) is 0. The normalized spacial score (nSPS) is 18.0. The largest absolute Gasteiger partial charge is 0.495 e. The molecule has 2 aliphatic rings. The number of rotatable bonds is 5. The molecular formula is C25H30N2O4S. The van der Waals surface area contributed by atoms with Crippen LogP contribution in [-0.4, -0.2) is 56.8 Å². The van der Waals surface area contributed by atoms with E-state index in [9.17, 15) is 13.2 Å². The molecule has 0 bridgehead atoms. The third-order valence-corrected chi connectivity index (χ3v) is 8.15. The first-order valence-corrected chi connectivity index (χ1v) is 12.7. The predicted octanol–water partition coefficient (Wildman–Crippen LogP) is 4.19. The molecule has 2 aromatic rings. The molecule has 0 saturated carbocycles. The first-order valence-electron chi connectivity index (χ1n) is 11.2. The Hall–Kier alpha value is -2.64. The van der Waals surface area contributed by atoms with Gasteiger partial charge in [0, 0.05) is 31.7 Å². The minimum Gasteiger partial charge on any atom is -0.495 e. The molecule has 7 heteroatoms. The Bertz CT molecular complexity index is 1090. The molecule has 0 aromatic heterocycles. The number of amides is 1. The van der Waals surface area contributed by atoms with E-state index in [1.54, 1.807) is 17.0 Å². The van der Waals surface area contributed by atoms with Gasteiger partial charge in [0.25, 0.3) is 5.91 Å². The minimum absolute atomic E-state index is 0.0743. The van der Waals surface area contributed by atoms with Gasteiger partial charge >= 0.3 is 0 Å². The maximum atomic E-state index is 13.4. The lowest BCUT2D eigenvalue weighted by atomic mass is 9.99. The number of nitrogens with zero attached hydrogens (tertiary/aromatic N) is 2. The lowest BCUT2D eigenvalue weighted by Gasteiger charge is -2.27. The van der Waals surface area contributed by atoms with Crippen molar-refractivity contribution in [1.29, 1.82) is 0 Å². The Morgan fingerprint density at radius 1 is 0.938 bits per heavy atom. The van der Waals surface area contributed by atoms with E-state index in [0.717, 1.165) is 32.1 Å². The summed E-state index contributed by atoms with van der Waals surface area (Å²) in [5, 5.41) is 0. The summed E-state index contributed by atoms with van der Waals surface area (Å²) in [7, 11) is -2.28. The Morgan fingerprint density at radius 3 is 2.28 bits per heavy atom. The summed E-state index contributed by atoms with van der Waals surface area (Å²) in [4.78, 5) is 15.0. The Balaban J connectivity index is 1.57. The van der Waals surface area contributed by atoms with Gasteiger partial charge in [-0.05, 0) is 48.6 Å². The first kappa shape index (κ1) is 22.6. The van der Waals surface area contributed by atoms with Gasteiger partial charge in [-0.15, -0.1) is 0 Å². The number of sulfonamides is 1. The van der Waals surface area contributed by atoms with Gasteiger partial charge in [-0.3, -0.25) is 4.79 Å². The van der Waals surface area contributed by atoms with E-state index in [0.29, 0.717) is 31.7 Å². The van der Waals surface area contributed by atoms with Gasteiger partial charge in [-0.2, -0.15) is 4.31 Å². The molecule has 0 radical (unpaired) electrons. The van der Waals surface area contributed by atoms with E-state index in [1.807, 2.05) is 18.2 Å². The van der Waals surface area contributed by atoms with Crippen LogP contribution in [0.15, 0.2) is 59.5 Å². The summed E-state index contributed by atoms with van der Waals surface area (Å²) in [6.45, 7) is 2.11. The highest BCUT2D eigenvalue weighted by Gasteiger charge is 2.30. The first-order chi connectivity index (χ1) is 15.5. The topological polar surface area (TPSA) is 66.9 Å². The van der Waals surface area contributed by atoms with E-state index in [4.69, 9.17) is 4.74 Å². The summed E-state index contributed by atoms with van der Waals surface area (Å²) in [5.41, 5.74) is 2.78. The van der Waals surface area contributed by atoms with Crippen molar-refractivity contribution in [3.8, 4) is 5.75 Å². The zero-order valence-electron chi connectivity index (χ0n) is 18.5. The molecule has 32 heavy (non-hydrogen) atoms. The molecule has 2 heterocycles. The molecule has 1 fully saturated rings. The average Bonchev–Trinajstić information content (AvgIpc) is 3.14. The summed E-state index contributed by atoms with van der Waals surface area (Å²) >= 11 is 0. The van der Waals surface area contributed by atoms with Crippen LogP contribution in [0.2, 0.25) is 0 Å². The smallest absolute Gasteiger partial charge is 0.254 e. The van der Waals surface area contributed by atoms with Gasteiger partial charge in [0.1, 0.15) is 10.6 Å². The van der Waals surface area contributed by atoms with Crippen molar-refractivity contribution in [1.82, 2.24) is 9.21 Å². The third kappa shape index (κ3) is 4.74. The van der Waals surface area contributed by atoms with Crippen molar-refractivity contribution in [3.63, 3.8) is 0 Å². The Kier molecular flexibility index (Phi) is 6.96. The molecular weight excluding hydrogens is 424 g/mol. The summed E-state index contributed by atoms with van der Waals surface area (Å²) in [5.74, 6) is 0.110. The monoisotopic (exact) mass is 454 g/mol. The molecule has 1 amide bonds. The summed E-state index contributed by atoms with van der Waals surface area (Å²) < 4.78 is 33.7. The molecule has 0 atom stereocenters. The lowest BCUT2D eigenvalue weighted by molar-refractivity contribution is 0.0772. The van der Waals surface area contributed by atoms with Crippen molar-refractivity contribution in [2.75, 3.05) is 33.3 Å². The van der Waals surface area contributed by atoms with Crippen molar-refractivity contribution >= 4 is 21.5 Å². The number of hydrogen-bond acceptors (Lipinski definition) is 4. The van der Waals surface area contributed by atoms with Crippen molar-refractivity contribution in [2.45, 2.75) is 37.0 Å². The lowest BCUT2D eigenvalue weighted by Crippen LogP contribution is -2.35. The fraction of sp³-hybridized carbons (Fsp3) is 0.400. The highest BCUT2D eigenvalue weighted by molar-refractivity contribution is 7.89. The van der Waals surface area contributed by atoms with E-state index in [-0.39, 0.29) is 16.6 Å². The van der Waals surface area contributed by atoms with Crippen LogP contribution in [0.3, 0.4) is 0 Å². The molecule has 1 saturated heterocycles. The van der Waals surface area contributed by atoms with Crippen molar-refractivity contribution in [3.05, 3.63) is 65.7 Å². The van der Waals surface area contributed by atoms with E-state index in [2.05, 4.69) is 18.2 Å². The minimum atomic E-state index is -3.73. The number of carbonyl (C=O) groups is 1. The molecule has 0 spiro atoms. The average molecular weight is 455 g/mol. The van der Waals surface area contributed by atoms with Gasteiger partial charge in [0.2, 0.25) is 10.0 Å². The van der Waals surface area contributed by atoms with Crippen LogP contribution in [0, 0.1) is 0 Å². The molecule has 0 aliphatic carbocycles. The zero-order valence-corrected chi connectivity index (χ0v) is 19.3. The van der Waals surface area contributed by atoms with Crippen LogP contribution >= 0.6 is 0 Å². The van der Waals surface area contributed by atoms with Crippen molar-refractivity contribution < 1.29 is 17.9 Å². The van der Waals surface area contributed by atoms with Crippen LogP contribution in [-0.2, 0) is 10.0 Å². The van der Waals surface area contributed by atoms with Crippen LogP contribution in [0.5, 0.6) is 5.75 Å². The quantitative estimate of drug-likeness (QED) is 0.680. The number of benzene rings is 2. The second kappa shape index (κ2) is 9.88. The Labute approximate surface area is 190 Å². The second-order valence-corrected chi connectivity index (χ2v) is 10.2. The van der Waals surface area contributed by atoms with E-state index < -0.39 is 10.0 Å².